The first-order chi connectivity index (χ1) is 2.00. The normalized spacial score (nSPS) is 8.29. The van der Waals surface area contributed by atoms with Crippen LogP contribution in [0.3, 0.4) is 0 Å². The molecular formula is H2AlMgO4S+5. The van der Waals surface area contributed by atoms with Gasteiger partial charge < -0.3 is 0 Å². The molecule has 0 aromatic heterocycles. The van der Waals surface area contributed by atoms with Gasteiger partial charge in [-0.3, -0.25) is 9.11 Å². The monoisotopic (exact) mass is 149 g/mol. The summed E-state index contributed by atoms with van der Waals surface area (Å²) in [6.07, 6.45) is 0. The predicted octanol–water partition coefficient (Wildman–Crippen LogP) is -1.41. The molecule has 0 saturated heterocycles. The van der Waals surface area contributed by atoms with Crippen molar-refractivity contribution in [3.63, 3.8) is 0 Å². The quantitative estimate of drug-likeness (QED) is 0.328. The first-order valence-corrected chi connectivity index (χ1v) is 2.10. The third-order valence-electron chi connectivity index (χ3n) is 0. The summed E-state index contributed by atoms with van der Waals surface area (Å²) >= 11 is 0. The zero-order valence-electron chi connectivity index (χ0n) is 3.40. The van der Waals surface area contributed by atoms with Crippen LogP contribution in [0.15, 0.2) is 0 Å². The molecule has 2 N–H and O–H groups in total. The van der Waals surface area contributed by atoms with Gasteiger partial charge in [-0.1, -0.05) is 0 Å². The van der Waals surface area contributed by atoms with Gasteiger partial charge in [0, 0.05) is 0 Å². The van der Waals surface area contributed by atoms with Crippen LogP contribution in [-0.4, -0.2) is 57.9 Å². The Kier molecular flexibility index (Phi) is 11.9. The standard InChI is InChI=1S/Al.Mg.H2O4S/c;;1-5(2,3)4/h;;(H2,1,2,3,4)/q+3;+2;. The summed E-state index contributed by atoms with van der Waals surface area (Å²) in [6, 6.07) is 0. The van der Waals surface area contributed by atoms with Crippen LogP contribution in [0.1, 0.15) is 0 Å². The van der Waals surface area contributed by atoms with Crippen molar-refractivity contribution >= 4 is 50.8 Å². The Morgan fingerprint density at radius 1 is 1.14 bits per heavy atom. The van der Waals surface area contributed by atoms with Crippen molar-refractivity contribution in [3.8, 4) is 0 Å². The molecule has 0 radical (unpaired) electrons. The zero-order chi connectivity index (χ0) is 4.50. The van der Waals surface area contributed by atoms with E-state index in [-0.39, 0.29) is 40.4 Å². The first kappa shape index (κ1) is 15.7. The maximum Gasteiger partial charge on any atom is 3.00 e. The summed E-state index contributed by atoms with van der Waals surface area (Å²) in [7, 11) is -4.67. The average Bonchev–Trinajstić information content (AvgIpc) is 0.722. The van der Waals surface area contributed by atoms with Gasteiger partial charge in [-0.15, -0.1) is 0 Å². The SMILES string of the molecule is O=S(=O)(O)O.[Al+3].[Mg+2]. The molecule has 0 aromatic rings. The van der Waals surface area contributed by atoms with E-state index >= 15 is 0 Å². The Balaban J connectivity index is -0.0000000800. The third-order valence-corrected chi connectivity index (χ3v) is 0. The maximum absolute atomic E-state index is 8.74. The summed E-state index contributed by atoms with van der Waals surface area (Å²) in [4.78, 5) is 0. The minimum absolute atomic E-state index is 0. The molecule has 0 aliphatic rings. The third kappa shape index (κ3) is 140. The van der Waals surface area contributed by atoms with Gasteiger partial charge in [-0.2, -0.15) is 8.42 Å². The predicted molar refractivity (Wildman–Crippen MR) is 25.7 cm³/mol. The second kappa shape index (κ2) is 5.31. The van der Waals surface area contributed by atoms with Crippen LogP contribution in [0, 0.1) is 0 Å². The van der Waals surface area contributed by atoms with E-state index in [0.717, 1.165) is 0 Å². The van der Waals surface area contributed by atoms with Crippen molar-refractivity contribution in [2.75, 3.05) is 0 Å². The molecule has 0 heterocycles. The van der Waals surface area contributed by atoms with Gasteiger partial charge >= 0.3 is 50.8 Å². The molecule has 7 heavy (non-hydrogen) atoms. The molecule has 32 valence electrons. The van der Waals surface area contributed by atoms with E-state index in [0.29, 0.717) is 0 Å². The van der Waals surface area contributed by atoms with E-state index in [1.165, 1.54) is 0 Å². The second-order valence-corrected chi connectivity index (χ2v) is 1.34. The van der Waals surface area contributed by atoms with Crippen molar-refractivity contribution in [2.24, 2.45) is 0 Å². The summed E-state index contributed by atoms with van der Waals surface area (Å²) in [5, 5.41) is 0. The summed E-state index contributed by atoms with van der Waals surface area (Å²) in [5.41, 5.74) is 0. The van der Waals surface area contributed by atoms with Crippen LogP contribution in [-0.2, 0) is 10.4 Å². The van der Waals surface area contributed by atoms with Crippen LogP contribution >= 0.6 is 0 Å². The molecule has 0 unspecified atom stereocenters. The fourth-order valence-electron chi connectivity index (χ4n) is 0. The van der Waals surface area contributed by atoms with E-state index in [1.54, 1.807) is 0 Å². The molecule has 0 spiro atoms. The van der Waals surface area contributed by atoms with Crippen molar-refractivity contribution in [1.29, 1.82) is 0 Å². The molecule has 0 saturated carbocycles. The molecule has 0 aromatic carbocycles. The second-order valence-electron chi connectivity index (χ2n) is 0.448. The van der Waals surface area contributed by atoms with Gasteiger partial charge in [0.1, 0.15) is 0 Å². The average molecular weight is 149 g/mol. The molecular weight excluding hydrogens is 147 g/mol. The molecule has 0 amide bonds. The van der Waals surface area contributed by atoms with Crippen molar-refractivity contribution in [2.45, 2.75) is 0 Å². The van der Waals surface area contributed by atoms with Crippen LogP contribution < -0.4 is 0 Å². The molecule has 4 nitrogen and oxygen atoms in total. The van der Waals surface area contributed by atoms with Gasteiger partial charge in [-0.05, 0) is 0 Å². The molecule has 0 rings (SSSR count). The largest absolute Gasteiger partial charge is 3.00 e. The minimum atomic E-state index is -4.67. The Bertz CT molecular complexity index is 94.9. The van der Waals surface area contributed by atoms with Crippen molar-refractivity contribution < 1.29 is 17.5 Å². The van der Waals surface area contributed by atoms with Crippen molar-refractivity contribution in [1.82, 2.24) is 0 Å². The summed E-state index contributed by atoms with van der Waals surface area (Å²) < 4.78 is 31.6. The summed E-state index contributed by atoms with van der Waals surface area (Å²) in [6.45, 7) is 0. The van der Waals surface area contributed by atoms with Crippen molar-refractivity contribution in [3.05, 3.63) is 0 Å². The van der Waals surface area contributed by atoms with E-state index < -0.39 is 10.4 Å². The fourth-order valence-corrected chi connectivity index (χ4v) is 0. The van der Waals surface area contributed by atoms with E-state index in [9.17, 15) is 0 Å². The molecule has 0 aliphatic heterocycles. The Hall–Kier alpha value is 1.17. The number of hydrogen-bond acceptors (Lipinski definition) is 2. The van der Waals surface area contributed by atoms with Gasteiger partial charge in [0.2, 0.25) is 0 Å². The molecule has 0 bridgehead atoms. The molecule has 0 atom stereocenters. The summed E-state index contributed by atoms with van der Waals surface area (Å²) in [5.74, 6) is 0. The minimum Gasteiger partial charge on any atom is -0.264 e. The molecule has 0 fully saturated rings. The van der Waals surface area contributed by atoms with E-state index in [1.807, 2.05) is 0 Å². The van der Waals surface area contributed by atoms with Crippen LogP contribution in [0.5, 0.6) is 0 Å². The topological polar surface area (TPSA) is 74.6 Å². The van der Waals surface area contributed by atoms with Gasteiger partial charge in [0.25, 0.3) is 0 Å². The number of rotatable bonds is 0. The van der Waals surface area contributed by atoms with Gasteiger partial charge in [-0.25, -0.2) is 0 Å². The first-order valence-electron chi connectivity index (χ1n) is 0.698. The number of hydrogen-bond donors (Lipinski definition) is 2. The van der Waals surface area contributed by atoms with Gasteiger partial charge in [0.15, 0.2) is 0 Å². The van der Waals surface area contributed by atoms with Crippen LogP contribution in [0.4, 0.5) is 0 Å². The maximum atomic E-state index is 8.74. The van der Waals surface area contributed by atoms with Gasteiger partial charge in [0.05, 0.1) is 0 Å². The fraction of sp³-hybridized carbons (Fsp3) is 0. The Morgan fingerprint density at radius 3 is 1.14 bits per heavy atom. The smallest absolute Gasteiger partial charge is 0.264 e. The molecule has 7 heteroatoms. The van der Waals surface area contributed by atoms with E-state index in [4.69, 9.17) is 17.5 Å². The van der Waals surface area contributed by atoms with E-state index in [2.05, 4.69) is 0 Å². The Morgan fingerprint density at radius 2 is 1.14 bits per heavy atom. The molecule has 0 aliphatic carbocycles. The zero-order valence-corrected chi connectivity index (χ0v) is 6.79. The van der Waals surface area contributed by atoms with Crippen LogP contribution in [0.2, 0.25) is 0 Å². The van der Waals surface area contributed by atoms with Crippen LogP contribution in [0.25, 0.3) is 0 Å². The Labute approximate surface area is 68.1 Å².